The van der Waals surface area contributed by atoms with E-state index in [1.165, 1.54) is 24.3 Å². The van der Waals surface area contributed by atoms with Gasteiger partial charge in [0, 0.05) is 40.1 Å². The number of sulfonamides is 1. The lowest BCUT2D eigenvalue weighted by Crippen LogP contribution is -2.25. The van der Waals surface area contributed by atoms with E-state index in [0.717, 1.165) is 11.4 Å². The molecule has 6 nitrogen and oxygen atoms in total. The standard InChI is InChI=1S/C32H28F3N3O3S/c1-21(2)38(25-6-4-3-5-7-25)26-13-11-24(12-14-26)37-42(40,41)27-15-8-22(9-16-27)18-23-10-17-30-28(19-23)29(32(33,34)35)20-31(39)36-30/h3-17,19-21,37H,18H2,1-2H3,(H,36,39). The lowest BCUT2D eigenvalue weighted by Gasteiger charge is -2.29. The molecular formula is C32H28F3N3O3S. The summed E-state index contributed by atoms with van der Waals surface area (Å²) in [6, 6.07) is 28.4. The molecule has 4 aromatic carbocycles. The monoisotopic (exact) mass is 591 g/mol. The van der Waals surface area contributed by atoms with E-state index in [1.54, 1.807) is 30.3 Å². The number of alkyl halides is 3. The van der Waals surface area contributed by atoms with Crippen molar-refractivity contribution in [3.63, 3.8) is 0 Å². The number of para-hydroxylation sites is 1. The van der Waals surface area contributed by atoms with E-state index in [4.69, 9.17) is 0 Å². The molecule has 5 rings (SSSR count). The van der Waals surface area contributed by atoms with Crippen LogP contribution in [-0.4, -0.2) is 19.4 Å². The molecule has 0 aliphatic rings. The van der Waals surface area contributed by atoms with Crippen molar-refractivity contribution in [2.45, 2.75) is 37.4 Å². The molecule has 0 bridgehead atoms. The second kappa shape index (κ2) is 11.4. The van der Waals surface area contributed by atoms with Crippen molar-refractivity contribution >= 4 is 38.0 Å². The number of nitrogens with one attached hydrogen (secondary N) is 2. The van der Waals surface area contributed by atoms with Crippen LogP contribution in [0.3, 0.4) is 0 Å². The minimum atomic E-state index is -4.68. The SMILES string of the molecule is CC(C)N(c1ccccc1)c1ccc(NS(=O)(=O)c2ccc(Cc3ccc4[nH]c(=O)cc(C(F)(F)F)c4c3)cc2)cc1. The zero-order valence-corrected chi connectivity index (χ0v) is 23.6. The quantitative estimate of drug-likeness (QED) is 0.196. The van der Waals surface area contributed by atoms with Gasteiger partial charge in [-0.3, -0.25) is 9.52 Å². The summed E-state index contributed by atoms with van der Waals surface area (Å²) in [5.74, 6) is 0. The van der Waals surface area contributed by atoms with Crippen molar-refractivity contribution in [2.24, 2.45) is 0 Å². The van der Waals surface area contributed by atoms with Crippen LogP contribution in [0.5, 0.6) is 0 Å². The van der Waals surface area contributed by atoms with Crippen LogP contribution >= 0.6 is 0 Å². The maximum atomic E-state index is 13.5. The number of hydrogen-bond donors (Lipinski definition) is 2. The predicted molar refractivity (Wildman–Crippen MR) is 160 cm³/mol. The lowest BCUT2D eigenvalue weighted by molar-refractivity contribution is -0.136. The summed E-state index contributed by atoms with van der Waals surface area (Å²) in [4.78, 5) is 16.3. The Bertz CT molecular complexity index is 1870. The van der Waals surface area contributed by atoms with Gasteiger partial charge in [-0.25, -0.2) is 8.42 Å². The molecular weight excluding hydrogens is 563 g/mol. The number of anilines is 3. The van der Waals surface area contributed by atoms with Crippen molar-refractivity contribution in [3.8, 4) is 0 Å². The van der Waals surface area contributed by atoms with Crippen LogP contribution in [0.2, 0.25) is 0 Å². The fraction of sp³-hybridized carbons (Fsp3) is 0.156. The average molecular weight is 592 g/mol. The van der Waals surface area contributed by atoms with Gasteiger partial charge in [-0.15, -0.1) is 0 Å². The van der Waals surface area contributed by atoms with Gasteiger partial charge in [0.15, 0.2) is 0 Å². The third-order valence-electron chi connectivity index (χ3n) is 6.80. The number of halogens is 3. The van der Waals surface area contributed by atoms with Gasteiger partial charge >= 0.3 is 6.18 Å². The van der Waals surface area contributed by atoms with E-state index < -0.39 is 27.3 Å². The van der Waals surface area contributed by atoms with Crippen molar-refractivity contribution < 1.29 is 21.6 Å². The molecule has 216 valence electrons. The highest BCUT2D eigenvalue weighted by molar-refractivity contribution is 7.92. The molecule has 0 amide bonds. The summed E-state index contributed by atoms with van der Waals surface area (Å²) >= 11 is 0. The Hall–Kier alpha value is -4.57. The molecule has 10 heteroatoms. The highest BCUT2D eigenvalue weighted by Gasteiger charge is 2.33. The molecule has 0 spiro atoms. The summed E-state index contributed by atoms with van der Waals surface area (Å²) < 4.78 is 69.3. The predicted octanol–water partition coefficient (Wildman–Crippen LogP) is 7.49. The number of pyridine rings is 1. The first-order chi connectivity index (χ1) is 19.9. The Labute approximate surface area is 241 Å². The van der Waals surface area contributed by atoms with E-state index in [9.17, 15) is 26.4 Å². The number of fused-ring (bicyclic) bond motifs is 1. The van der Waals surface area contributed by atoms with Crippen LogP contribution in [0, 0.1) is 0 Å². The molecule has 0 unspecified atom stereocenters. The Morgan fingerprint density at radius 1 is 0.810 bits per heavy atom. The molecule has 0 fully saturated rings. The van der Waals surface area contributed by atoms with E-state index in [-0.39, 0.29) is 28.3 Å². The highest BCUT2D eigenvalue weighted by Crippen LogP contribution is 2.34. The molecule has 5 aromatic rings. The number of aromatic nitrogens is 1. The molecule has 2 N–H and O–H groups in total. The Morgan fingerprint density at radius 2 is 1.43 bits per heavy atom. The average Bonchev–Trinajstić information content (AvgIpc) is 2.94. The van der Waals surface area contributed by atoms with Crippen LogP contribution < -0.4 is 15.2 Å². The van der Waals surface area contributed by atoms with Crippen molar-refractivity contribution in [3.05, 3.63) is 130 Å². The van der Waals surface area contributed by atoms with Gasteiger partial charge < -0.3 is 9.88 Å². The summed E-state index contributed by atoms with van der Waals surface area (Å²) in [5, 5.41) is -0.103. The largest absolute Gasteiger partial charge is 0.417 e. The second-order valence-electron chi connectivity index (χ2n) is 10.2. The molecule has 42 heavy (non-hydrogen) atoms. The van der Waals surface area contributed by atoms with Gasteiger partial charge in [0.25, 0.3) is 10.0 Å². The zero-order chi connectivity index (χ0) is 30.1. The van der Waals surface area contributed by atoms with Crippen LogP contribution in [0.4, 0.5) is 30.2 Å². The van der Waals surface area contributed by atoms with E-state index in [0.29, 0.717) is 22.9 Å². The molecule has 1 heterocycles. The van der Waals surface area contributed by atoms with Crippen LogP contribution in [0.1, 0.15) is 30.5 Å². The molecule has 0 aliphatic carbocycles. The maximum absolute atomic E-state index is 13.5. The van der Waals surface area contributed by atoms with Crippen molar-refractivity contribution in [1.82, 2.24) is 4.98 Å². The smallest absolute Gasteiger partial charge is 0.339 e. The van der Waals surface area contributed by atoms with Gasteiger partial charge in [0.2, 0.25) is 5.56 Å². The Morgan fingerprint density at radius 3 is 2.05 bits per heavy atom. The number of hydrogen-bond acceptors (Lipinski definition) is 4. The highest BCUT2D eigenvalue weighted by atomic mass is 32.2. The summed E-state index contributed by atoms with van der Waals surface area (Å²) in [5.41, 5.74) is 1.93. The number of H-pyrrole nitrogens is 1. The molecule has 0 saturated heterocycles. The molecule has 0 atom stereocenters. The fourth-order valence-corrected chi connectivity index (χ4v) is 5.96. The minimum Gasteiger partial charge on any atom is -0.339 e. The van der Waals surface area contributed by atoms with E-state index >= 15 is 0 Å². The summed E-state index contributed by atoms with van der Waals surface area (Å²) in [6.45, 7) is 4.16. The maximum Gasteiger partial charge on any atom is 0.417 e. The number of benzene rings is 4. The molecule has 0 aliphatic heterocycles. The van der Waals surface area contributed by atoms with E-state index in [2.05, 4.69) is 28.5 Å². The first kappa shape index (κ1) is 28.9. The number of rotatable bonds is 8. The Balaban J connectivity index is 1.32. The summed E-state index contributed by atoms with van der Waals surface area (Å²) in [7, 11) is -3.88. The van der Waals surface area contributed by atoms with Gasteiger partial charge in [0.1, 0.15) is 0 Å². The zero-order valence-electron chi connectivity index (χ0n) is 22.8. The second-order valence-corrected chi connectivity index (χ2v) is 11.9. The van der Waals surface area contributed by atoms with Crippen molar-refractivity contribution in [1.29, 1.82) is 0 Å². The third kappa shape index (κ3) is 6.33. The summed E-state index contributed by atoms with van der Waals surface area (Å²) in [6.07, 6.45) is -4.40. The first-order valence-electron chi connectivity index (χ1n) is 13.2. The minimum absolute atomic E-state index is 0.0545. The molecule has 1 aromatic heterocycles. The van der Waals surface area contributed by atoms with Crippen LogP contribution in [0.25, 0.3) is 10.9 Å². The third-order valence-corrected chi connectivity index (χ3v) is 8.20. The Kier molecular flexibility index (Phi) is 7.83. The lowest BCUT2D eigenvalue weighted by atomic mass is 10.0. The van der Waals surface area contributed by atoms with Gasteiger partial charge in [0.05, 0.1) is 10.5 Å². The van der Waals surface area contributed by atoms with Gasteiger partial charge in [-0.2, -0.15) is 13.2 Å². The topological polar surface area (TPSA) is 82.3 Å². The van der Waals surface area contributed by atoms with E-state index in [1.807, 2.05) is 42.5 Å². The fourth-order valence-electron chi connectivity index (χ4n) is 4.91. The van der Waals surface area contributed by atoms with Crippen molar-refractivity contribution in [2.75, 3.05) is 9.62 Å². The first-order valence-corrected chi connectivity index (χ1v) is 14.7. The number of aromatic amines is 1. The van der Waals surface area contributed by atoms with Gasteiger partial charge in [-0.1, -0.05) is 36.4 Å². The normalized spacial score (nSPS) is 12.0. The molecule has 0 radical (unpaired) electrons. The van der Waals surface area contributed by atoms with Gasteiger partial charge in [-0.05, 0) is 92.1 Å². The van der Waals surface area contributed by atoms with Crippen LogP contribution in [-0.2, 0) is 22.6 Å². The molecule has 0 saturated carbocycles. The van der Waals surface area contributed by atoms with Crippen LogP contribution in [0.15, 0.2) is 113 Å². The number of nitrogens with zero attached hydrogens (tertiary/aromatic N) is 1.